The van der Waals surface area contributed by atoms with Crippen LogP contribution in [0.2, 0.25) is 0 Å². The summed E-state index contributed by atoms with van der Waals surface area (Å²) in [5.74, 6) is 0. The molecule has 1 fully saturated rings. The van der Waals surface area contributed by atoms with Crippen LogP contribution in [0.5, 0.6) is 0 Å². The highest BCUT2D eigenvalue weighted by molar-refractivity contribution is 5.03. The number of β-amino-alcohol motifs (C(OH)–C–C–N with tert-alkyl or cyclic N) is 1. The number of aryl methyl sites for hydroxylation is 1. The average molecular weight is 280 g/mol. The lowest BCUT2D eigenvalue weighted by Gasteiger charge is -2.37. The molecule has 0 aromatic carbocycles. The quantitative estimate of drug-likeness (QED) is 0.892. The van der Waals surface area contributed by atoms with Gasteiger partial charge in [-0.1, -0.05) is 20.8 Å². The second-order valence-corrected chi connectivity index (χ2v) is 6.98. The zero-order chi connectivity index (χ0) is 14.8. The van der Waals surface area contributed by atoms with Crippen molar-refractivity contribution in [1.82, 2.24) is 19.6 Å². The molecule has 0 radical (unpaired) electrons. The Kier molecular flexibility index (Phi) is 4.83. The molecule has 2 heterocycles. The molecule has 114 valence electrons. The molecule has 0 aliphatic carbocycles. The summed E-state index contributed by atoms with van der Waals surface area (Å²) in [6.07, 6.45) is 3.76. The summed E-state index contributed by atoms with van der Waals surface area (Å²) in [6.45, 7) is 12.2. The number of aromatic nitrogens is 2. The van der Waals surface area contributed by atoms with Gasteiger partial charge in [0, 0.05) is 58.1 Å². The number of rotatable bonds is 4. The predicted octanol–water partition coefficient (Wildman–Crippen LogP) is 0.945. The maximum atomic E-state index is 10.2. The van der Waals surface area contributed by atoms with Gasteiger partial charge in [0.25, 0.3) is 0 Å². The van der Waals surface area contributed by atoms with Crippen LogP contribution in [0.15, 0.2) is 12.4 Å². The van der Waals surface area contributed by atoms with Crippen molar-refractivity contribution in [3.8, 4) is 0 Å². The Hall–Kier alpha value is -0.910. The van der Waals surface area contributed by atoms with E-state index in [2.05, 4.69) is 41.9 Å². The van der Waals surface area contributed by atoms with E-state index in [0.717, 1.165) is 39.3 Å². The third-order valence-corrected chi connectivity index (χ3v) is 4.06. The number of aliphatic hydroxyl groups excluding tert-OH is 1. The van der Waals surface area contributed by atoms with Crippen LogP contribution in [0, 0.1) is 5.41 Å². The Bertz CT molecular complexity index is 416. The molecule has 2 rings (SSSR count). The number of hydrogen-bond acceptors (Lipinski definition) is 4. The molecule has 1 aromatic heterocycles. The van der Waals surface area contributed by atoms with Crippen molar-refractivity contribution < 1.29 is 5.11 Å². The van der Waals surface area contributed by atoms with Gasteiger partial charge in [-0.3, -0.25) is 14.5 Å². The van der Waals surface area contributed by atoms with Gasteiger partial charge in [0.1, 0.15) is 0 Å². The van der Waals surface area contributed by atoms with Crippen LogP contribution in [0.1, 0.15) is 26.3 Å². The van der Waals surface area contributed by atoms with Crippen molar-refractivity contribution in [2.45, 2.75) is 33.4 Å². The third-order valence-electron chi connectivity index (χ3n) is 4.06. The van der Waals surface area contributed by atoms with Gasteiger partial charge in [-0.25, -0.2) is 0 Å². The average Bonchev–Trinajstić information content (AvgIpc) is 2.76. The standard InChI is InChI=1S/C15H28N4O/c1-15(2,3)14(20)12-19-7-5-18(6-8-19)11-13-9-16-17(4)10-13/h9-10,14,20H,5-8,11-12H2,1-4H3/t14-/m0/s1. The van der Waals surface area contributed by atoms with Crippen molar-refractivity contribution in [2.24, 2.45) is 12.5 Å². The van der Waals surface area contributed by atoms with E-state index in [1.54, 1.807) is 0 Å². The maximum absolute atomic E-state index is 10.2. The van der Waals surface area contributed by atoms with Gasteiger partial charge in [-0.2, -0.15) is 5.10 Å². The van der Waals surface area contributed by atoms with Crippen LogP contribution in [0.25, 0.3) is 0 Å². The molecule has 1 atom stereocenters. The molecule has 0 amide bonds. The van der Waals surface area contributed by atoms with Crippen LogP contribution >= 0.6 is 0 Å². The highest BCUT2D eigenvalue weighted by Crippen LogP contribution is 2.20. The van der Waals surface area contributed by atoms with E-state index in [4.69, 9.17) is 0 Å². The van der Waals surface area contributed by atoms with E-state index < -0.39 is 0 Å². The van der Waals surface area contributed by atoms with E-state index in [1.807, 2.05) is 17.9 Å². The molecule has 20 heavy (non-hydrogen) atoms. The fourth-order valence-corrected chi connectivity index (χ4v) is 2.46. The van der Waals surface area contributed by atoms with Gasteiger partial charge in [0.05, 0.1) is 12.3 Å². The predicted molar refractivity (Wildman–Crippen MR) is 80.4 cm³/mol. The van der Waals surface area contributed by atoms with Crippen molar-refractivity contribution in [3.63, 3.8) is 0 Å². The summed E-state index contributed by atoms with van der Waals surface area (Å²) in [5, 5.41) is 14.4. The molecule has 0 bridgehead atoms. The number of aliphatic hydroxyl groups is 1. The minimum Gasteiger partial charge on any atom is -0.391 e. The highest BCUT2D eigenvalue weighted by atomic mass is 16.3. The molecule has 0 unspecified atom stereocenters. The second kappa shape index (κ2) is 6.24. The molecule has 1 N–H and O–H groups in total. The highest BCUT2D eigenvalue weighted by Gasteiger charge is 2.26. The monoisotopic (exact) mass is 280 g/mol. The number of hydrogen-bond donors (Lipinski definition) is 1. The van der Waals surface area contributed by atoms with Crippen LogP contribution in [0.4, 0.5) is 0 Å². The van der Waals surface area contributed by atoms with Gasteiger partial charge < -0.3 is 5.11 Å². The van der Waals surface area contributed by atoms with Gasteiger partial charge in [-0.15, -0.1) is 0 Å². The fraction of sp³-hybridized carbons (Fsp3) is 0.800. The van der Waals surface area contributed by atoms with Gasteiger partial charge in [-0.05, 0) is 5.41 Å². The lowest BCUT2D eigenvalue weighted by molar-refractivity contribution is 0.0126. The van der Waals surface area contributed by atoms with E-state index in [0.29, 0.717) is 0 Å². The first-order valence-electron chi connectivity index (χ1n) is 7.45. The Morgan fingerprint density at radius 2 is 1.80 bits per heavy atom. The zero-order valence-electron chi connectivity index (χ0n) is 13.2. The first-order chi connectivity index (χ1) is 9.34. The normalized spacial score (nSPS) is 20.2. The smallest absolute Gasteiger partial charge is 0.0715 e. The first-order valence-corrected chi connectivity index (χ1v) is 7.45. The van der Waals surface area contributed by atoms with Crippen LogP contribution < -0.4 is 0 Å². The fourth-order valence-electron chi connectivity index (χ4n) is 2.46. The Balaban J connectivity index is 1.75. The maximum Gasteiger partial charge on any atom is 0.0715 e. The molecule has 1 saturated heterocycles. The molecule has 0 saturated carbocycles. The Morgan fingerprint density at radius 1 is 1.20 bits per heavy atom. The van der Waals surface area contributed by atoms with Crippen molar-refractivity contribution in [2.75, 3.05) is 32.7 Å². The van der Waals surface area contributed by atoms with E-state index >= 15 is 0 Å². The SMILES string of the molecule is Cn1cc(CN2CCN(C[C@H](O)C(C)(C)C)CC2)cn1. The van der Waals surface area contributed by atoms with Crippen LogP contribution in [-0.2, 0) is 13.6 Å². The molecule has 5 heteroatoms. The van der Waals surface area contributed by atoms with Crippen LogP contribution in [-0.4, -0.2) is 63.5 Å². The number of nitrogens with zero attached hydrogens (tertiary/aromatic N) is 4. The summed E-state index contributed by atoms with van der Waals surface area (Å²) in [6, 6.07) is 0. The number of piperazine rings is 1. The van der Waals surface area contributed by atoms with Crippen molar-refractivity contribution in [1.29, 1.82) is 0 Å². The minimum atomic E-state index is -0.257. The minimum absolute atomic E-state index is 0.0349. The second-order valence-electron chi connectivity index (χ2n) is 6.98. The lowest BCUT2D eigenvalue weighted by atomic mass is 9.89. The summed E-state index contributed by atoms with van der Waals surface area (Å²) < 4.78 is 1.85. The molecular formula is C15H28N4O. The molecule has 1 aliphatic heterocycles. The van der Waals surface area contributed by atoms with E-state index in [9.17, 15) is 5.11 Å². The summed E-state index contributed by atoms with van der Waals surface area (Å²) in [7, 11) is 1.95. The largest absolute Gasteiger partial charge is 0.391 e. The van der Waals surface area contributed by atoms with E-state index in [-0.39, 0.29) is 11.5 Å². The summed E-state index contributed by atoms with van der Waals surface area (Å²) in [5.41, 5.74) is 1.24. The van der Waals surface area contributed by atoms with E-state index in [1.165, 1.54) is 5.56 Å². The zero-order valence-corrected chi connectivity index (χ0v) is 13.2. The van der Waals surface area contributed by atoms with Gasteiger partial charge in [0.15, 0.2) is 0 Å². The first kappa shape index (κ1) is 15.5. The summed E-state index contributed by atoms with van der Waals surface area (Å²) >= 11 is 0. The molecule has 1 aromatic rings. The molecule has 5 nitrogen and oxygen atoms in total. The van der Waals surface area contributed by atoms with Gasteiger partial charge >= 0.3 is 0 Å². The molecule has 1 aliphatic rings. The van der Waals surface area contributed by atoms with Crippen molar-refractivity contribution in [3.05, 3.63) is 18.0 Å². The van der Waals surface area contributed by atoms with Crippen LogP contribution in [0.3, 0.4) is 0 Å². The Morgan fingerprint density at radius 3 is 2.30 bits per heavy atom. The lowest BCUT2D eigenvalue weighted by Crippen LogP contribution is -2.49. The third kappa shape index (κ3) is 4.30. The summed E-state index contributed by atoms with van der Waals surface area (Å²) in [4.78, 5) is 4.83. The molecule has 0 spiro atoms. The molecular weight excluding hydrogens is 252 g/mol. The topological polar surface area (TPSA) is 44.5 Å². The van der Waals surface area contributed by atoms with Crippen molar-refractivity contribution >= 4 is 0 Å². The Labute approximate surface area is 122 Å². The van der Waals surface area contributed by atoms with Gasteiger partial charge in [0.2, 0.25) is 0 Å².